The van der Waals surface area contributed by atoms with E-state index in [1.165, 1.54) is 6.92 Å². The zero-order valence-corrected chi connectivity index (χ0v) is 10.9. The fraction of sp³-hybridized carbons (Fsp3) is 0.273. The molecule has 0 spiro atoms. The molecule has 1 aromatic rings. The lowest BCUT2D eigenvalue weighted by molar-refractivity contribution is -0.139. The average Bonchev–Trinajstić information content (AvgIpc) is 2.23. The number of nitrogens with one attached hydrogen (secondary N) is 1. The third kappa shape index (κ3) is 3.25. The highest BCUT2D eigenvalue weighted by atomic mass is 79.9. The van der Waals surface area contributed by atoms with Crippen molar-refractivity contribution in [2.75, 3.05) is 0 Å². The predicted octanol–water partition coefficient (Wildman–Crippen LogP) is 2.32. The number of benzene rings is 1. The van der Waals surface area contributed by atoms with Crippen LogP contribution >= 0.6 is 15.9 Å². The van der Waals surface area contributed by atoms with Gasteiger partial charge in [-0.3, -0.25) is 4.79 Å². The van der Waals surface area contributed by atoms with E-state index in [9.17, 15) is 18.4 Å². The van der Waals surface area contributed by atoms with Crippen molar-refractivity contribution in [1.29, 1.82) is 0 Å². The zero-order chi connectivity index (χ0) is 13.9. The first-order valence-electron chi connectivity index (χ1n) is 5.05. The normalized spacial score (nSPS) is 12.0. The SMILES string of the molecule is CCC(NC(=O)c1c(F)cc(Br)cc1F)C(=O)O. The van der Waals surface area contributed by atoms with Crippen LogP contribution in [0.4, 0.5) is 8.78 Å². The van der Waals surface area contributed by atoms with Crippen molar-refractivity contribution in [2.45, 2.75) is 19.4 Å². The van der Waals surface area contributed by atoms with Crippen molar-refractivity contribution < 1.29 is 23.5 Å². The predicted molar refractivity (Wildman–Crippen MR) is 63.2 cm³/mol. The number of carboxylic acid groups (broad SMARTS) is 1. The topological polar surface area (TPSA) is 66.4 Å². The summed E-state index contributed by atoms with van der Waals surface area (Å²) in [4.78, 5) is 22.3. The van der Waals surface area contributed by atoms with Gasteiger partial charge in [-0.2, -0.15) is 0 Å². The molecular weight excluding hydrogens is 312 g/mol. The van der Waals surface area contributed by atoms with Gasteiger partial charge in [-0.1, -0.05) is 22.9 Å². The van der Waals surface area contributed by atoms with Crippen LogP contribution in [0.1, 0.15) is 23.7 Å². The molecule has 18 heavy (non-hydrogen) atoms. The summed E-state index contributed by atoms with van der Waals surface area (Å²) in [5.74, 6) is -4.46. The van der Waals surface area contributed by atoms with Crippen molar-refractivity contribution in [3.63, 3.8) is 0 Å². The summed E-state index contributed by atoms with van der Waals surface area (Å²) in [6.45, 7) is 1.54. The van der Waals surface area contributed by atoms with Crippen molar-refractivity contribution in [3.8, 4) is 0 Å². The molecule has 0 aliphatic carbocycles. The van der Waals surface area contributed by atoms with Crippen LogP contribution < -0.4 is 5.32 Å². The Hall–Kier alpha value is -1.50. The summed E-state index contributed by atoms with van der Waals surface area (Å²) >= 11 is 2.88. The van der Waals surface area contributed by atoms with Gasteiger partial charge in [0.15, 0.2) is 0 Å². The monoisotopic (exact) mass is 321 g/mol. The highest BCUT2D eigenvalue weighted by Crippen LogP contribution is 2.19. The molecule has 0 aliphatic rings. The summed E-state index contributed by atoms with van der Waals surface area (Å²) in [6, 6.07) is 0.680. The molecule has 0 aliphatic heterocycles. The van der Waals surface area contributed by atoms with E-state index in [2.05, 4.69) is 15.9 Å². The second-order valence-corrected chi connectivity index (χ2v) is 4.43. The maximum atomic E-state index is 13.4. The molecule has 0 aromatic heterocycles. The zero-order valence-electron chi connectivity index (χ0n) is 9.34. The van der Waals surface area contributed by atoms with Gasteiger partial charge in [-0.15, -0.1) is 0 Å². The van der Waals surface area contributed by atoms with E-state index in [1.807, 2.05) is 5.32 Å². The lowest BCUT2D eigenvalue weighted by Crippen LogP contribution is -2.40. The van der Waals surface area contributed by atoms with Gasteiger partial charge in [0.1, 0.15) is 23.2 Å². The summed E-state index contributed by atoms with van der Waals surface area (Å²) in [5, 5.41) is 10.8. The minimum Gasteiger partial charge on any atom is -0.480 e. The highest BCUT2D eigenvalue weighted by molar-refractivity contribution is 9.10. The molecule has 0 saturated heterocycles. The second kappa shape index (κ2) is 5.90. The lowest BCUT2D eigenvalue weighted by Gasteiger charge is -2.13. The number of halogens is 3. The molecule has 1 aromatic carbocycles. The Balaban J connectivity index is 3.01. The molecule has 0 fully saturated rings. The van der Waals surface area contributed by atoms with Gasteiger partial charge >= 0.3 is 5.97 Å². The molecule has 1 rings (SSSR count). The van der Waals surface area contributed by atoms with Gasteiger partial charge in [0, 0.05) is 4.47 Å². The number of carbonyl (C=O) groups is 2. The summed E-state index contributed by atoms with van der Waals surface area (Å²) < 4.78 is 27.0. The van der Waals surface area contributed by atoms with Crippen LogP contribution in [0.2, 0.25) is 0 Å². The van der Waals surface area contributed by atoms with Crippen LogP contribution in [0.3, 0.4) is 0 Å². The van der Waals surface area contributed by atoms with Crippen LogP contribution in [0.15, 0.2) is 16.6 Å². The van der Waals surface area contributed by atoms with Crippen LogP contribution in [-0.4, -0.2) is 23.0 Å². The first kappa shape index (κ1) is 14.6. The number of rotatable bonds is 4. The van der Waals surface area contributed by atoms with E-state index in [-0.39, 0.29) is 10.9 Å². The number of aliphatic carboxylic acids is 1. The molecule has 7 heteroatoms. The van der Waals surface area contributed by atoms with Gasteiger partial charge in [0.2, 0.25) is 0 Å². The Morgan fingerprint density at radius 1 is 1.39 bits per heavy atom. The molecule has 0 heterocycles. The molecule has 1 amide bonds. The first-order valence-corrected chi connectivity index (χ1v) is 5.84. The number of hydrogen-bond acceptors (Lipinski definition) is 2. The van der Waals surface area contributed by atoms with Crippen LogP contribution in [0, 0.1) is 11.6 Å². The lowest BCUT2D eigenvalue weighted by atomic mass is 10.1. The van der Waals surface area contributed by atoms with Crippen molar-refractivity contribution in [2.24, 2.45) is 0 Å². The molecule has 0 radical (unpaired) electrons. The highest BCUT2D eigenvalue weighted by Gasteiger charge is 2.23. The number of amides is 1. The minimum atomic E-state index is -1.26. The third-order valence-corrected chi connectivity index (χ3v) is 2.70. The standard InChI is InChI=1S/C11H10BrF2NO3/c1-2-8(11(17)18)15-10(16)9-6(13)3-5(12)4-7(9)14/h3-4,8H,2H2,1H3,(H,15,16)(H,17,18). The number of hydrogen-bond donors (Lipinski definition) is 2. The van der Waals surface area contributed by atoms with E-state index in [4.69, 9.17) is 5.11 Å². The van der Waals surface area contributed by atoms with E-state index in [0.29, 0.717) is 0 Å². The molecule has 1 unspecified atom stereocenters. The van der Waals surface area contributed by atoms with E-state index in [0.717, 1.165) is 12.1 Å². The maximum Gasteiger partial charge on any atom is 0.326 e. The van der Waals surface area contributed by atoms with Gasteiger partial charge in [0.05, 0.1) is 0 Å². The second-order valence-electron chi connectivity index (χ2n) is 3.52. The van der Waals surface area contributed by atoms with E-state index < -0.39 is 35.1 Å². The summed E-state index contributed by atoms with van der Waals surface area (Å²) in [5.41, 5.74) is -0.794. The molecule has 98 valence electrons. The molecule has 0 saturated carbocycles. The van der Waals surface area contributed by atoms with Crippen LogP contribution in [0.25, 0.3) is 0 Å². The van der Waals surface area contributed by atoms with Crippen molar-refractivity contribution in [1.82, 2.24) is 5.32 Å². The third-order valence-electron chi connectivity index (χ3n) is 2.25. The van der Waals surface area contributed by atoms with Crippen LogP contribution in [-0.2, 0) is 4.79 Å². The Bertz CT molecular complexity index is 470. The van der Waals surface area contributed by atoms with Gasteiger partial charge < -0.3 is 10.4 Å². The van der Waals surface area contributed by atoms with Gasteiger partial charge in [0.25, 0.3) is 5.91 Å². The number of carbonyl (C=O) groups excluding carboxylic acids is 1. The molecule has 1 atom stereocenters. The van der Waals surface area contributed by atoms with Gasteiger partial charge in [-0.05, 0) is 18.6 Å². The molecule has 2 N–H and O–H groups in total. The number of carboxylic acids is 1. The van der Waals surface area contributed by atoms with E-state index >= 15 is 0 Å². The van der Waals surface area contributed by atoms with Crippen LogP contribution in [0.5, 0.6) is 0 Å². The Kier molecular flexibility index (Phi) is 4.77. The molecule has 0 bridgehead atoms. The Labute approximate surface area is 110 Å². The minimum absolute atomic E-state index is 0.112. The molecular formula is C11H10BrF2NO3. The van der Waals surface area contributed by atoms with Crippen molar-refractivity contribution in [3.05, 3.63) is 33.8 Å². The van der Waals surface area contributed by atoms with E-state index in [1.54, 1.807) is 0 Å². The largest absolute Gasteiger partial charge is 0.480 e. The fourth-order valence-corrected chi connectivity index (χ4v) is 1.73. The Morgan fingerprint density at radius 2 is 1.89 bits per heavy atom. The average molecular weight is 322 g/mol. The summed E-state index contributed by atoms with van der Waals surface area (Å²) in [6.07, 6.45) is 0.112. The van der Waals surface area contributed by atoms with Crippen molar-refractivity contribution >= 4 is 27.8 Å². The quantitative estimate of drug-likeness (QED) is 0.894. The first-order chi connectivity index (χ1) is 8.36. The fourth-order valence-electron chi connectivity index (χ4n) is 1.33. The van der Waals surface area contributed by atoms with Gasteiger partial charge in [-0.25, -0.2) is 13.6 Å². The smallest absolute Gasteiger partial charge is 0.326 e. The Morgan fingerprint density at radius 3 is 2.28 bits per heavy atom. The maximum absolute atomic E-state index is 13.4. The summed E-state index contributed by atoms with van der Waals surface area (Å²) in [7, 11) is 0. The molecule has 4 nitrogen and oxygen atoms in total.